The molecule has 10 heteroatoms. The molecule has 3 aromatic rings. The predicted molar refractivity (Wildman–Crippen MR) is 97.3 cm³/mol. The van der Waals surface area contributed by atoms with Crippen molar-refractivity contribution in [2.24, 2.45) is 0 Å². The summed E-state index contributed by atoms with van der Waals surface area (Å²) in [6, 6.07) is 3.96. The average Bonchev–Trinajstić information content (AvgIpc) is 3.33. The highest BCUT2D eigenvalue weighted by molar-refractivity contribution is 7.89. The maximum absolute atomic E-state index is 13.9. The van der Waals surface area contributed by atoms with Gasteiger partial charge in [0.05, 0.1) is 16.2 Å². The molecule has 1 atom stereocenters. The van der Waals surface area contributed by atoms with Crippen LogP contribution in [0.5, 0.6) is 0 Å². The fraction of sp³-hybridized carbons (Fsp3) is 0.333. The van der Waals surface area contributed by atoms with Gasteiger partial charge < -0.3 is 4.52 Å². The van der Waals surface area contributed by atoms with E-state index >= 15 is 0 Å². The van der Waals surface area contributed by atoms with Gasteiger partial charge in [0.25, 0.3) is 0 Å². The van der Waals surface area contributed by atoms with E-state index < -0.39 is 15.8 Å². The minimum Gasteiger partial charge on any atom is -0.339 e. The number of hydrogen-bond donors (Lipinski definition) is 0. The van der Waals surface area contributed by atoms with Gasteiger partial charge >= 0.3 is 0 Å². The molecule has 8 nitrogen and oxygen atoms in total. The number of benzene rings is 1. The Morgan fingerprint density at radius 2 is 2.11 bits per heavy atom. The molecule has 0 spiro atoms. The molecule has 0 amide bonds. The van der Waals surface area contributed by atoms with Crippen LogP contribution in [-0.4, -0.2) is 45.9 Å². The third kappa shape index (κ3) is 3.29. The molecule has 4 rings (SSSR count). The zero-order valence-electron chi connectivity index (χ0n) is 15.3. The van der Waals surface area contributed by atoms with Crippen molar-refractivity contribution in [2.75, 3.05) is 13.1 Å². The van der Waals surface area contributed by atoms with Crippen LogP contribution < -0.4 is 0 Å². The number of sulfonamides is 1. The van der Waals surface area contributed by atoms with Crippen molar-refractivity contribution in [3.05, 3.63) is 53.7 Å². The monoisotopic (exact) mass is 403 g/mol. The number of aryl methyl sites for hydroxylation is 2. The molecular formula is C18H18FN5O3S. The molecule has 1 fully saturated rings. The Bertz CT molecular complexity index is 1130. The zero-order chi connectivity index (χ0) is 19.9. The Labute approximate surface area is 161 Å². The highest BCUT2D eigenvalue weighted by atomic mass is 32.2. The van der Waals surface area contributed by atoms with Crippen LogP contribution in [0, 0.1) is 19.7 Å². The van der Waals surface area contributed by atoms with E-state index in [1.54, 1.807) is 20.0 Å². The Hall–Kier alpha value is -2.72. The van der Waals surface area contributed by atoms with Gasteiger partial charge in [-0.05, 0) is 31.0 Å². The molecule has 3 heterocycles. The van der Waals surface area contributed by atoms with Crippen molar-refractivity contribution in [1.82, 2.24) is 24.4 Å². The molecule has 1 saturated heterocycles. The minimum absolute atomic E-state index is 0.0482. The van der Waals surface area contributed by atoms with Crippen LogP contribution in [0.1, 0.15) is 29.5 Å². The summed E-state index contributed by atoms with van der Waals surface area (Å²) in [5.41, 5.74) is 1.69. The molecule has 0 unspecified atom stereocenters. The van der Waals surface area contributed by atoms with E-state index in [4.69, 9.17) is 4.52 Å². The number of rotatable bonds is 4. The molecule has 0 radical (unpaired) electrons. The third-order valence-corrected chi connectivity index (χ3v) is 6.69. The largest absolute Gasteiger partial charge is 0.339 e. The van der Waals surface area contributed by atoms with Crippen LogP contribution in [0.4, 0.5) is 4.39 Å². The van der Waals surface area contributed by atoms with E-state index in [0.717, 1.165) is 6.07 Å². The van der Waals surface area contributed by atoms with Crippen molar-refractivity contribution >= 4 is 10.0 Å². The van der Waals surface area contributed by atoms with Crippen LogP contribution >= 0.6 is 0 Å². The molecule has 2 aromatic heterocycles. The van der Waals surface area contributed by atoms with Gasteiger partial charge in [-0.2, -0.15) is 9.29 Å². The average molecular weight is 403 g/mol. The lowest BCUT2D eigenvalue weighted by molar-refractivity contribution is 0.394. The summed E-state index contributed by atoms with van der Waals surface area (Å²) in [4.78, 5) is 12.5. The van der Waals surface area contributed by atoms with Crippen molar-refractivity contribution in [2.45, 2.75) is 31.1 Å². The van der Waals surface area contributed by atoms with Crippen LogP contribution in [0.25, 0.3) is 11.4 Å². The maximum atomic E-state index is 13.9. The van der Waals surface area contributed by atoms with Gasteiger partial charge in [0.15, 0.2) is 0 Å². The van der Waals surface area contributed by atoms with E-state index in [9.17, 15) is 12.8 Å². The van der Waals surface area contributed by atoms with E-state index in [1.165, 1.54) is 22.8 Å². The van der Waals surface area contributed by atoms with Crippen molar-refractivity contribution in [3.8, 4) is 11.4 Å². The molecule has 1 aromatic carbocycles. The van der Waals surface area contributed by atoms with Gasteiger partial charge in [0, 0.05) is 32.1 Å². The SMILES string of the molecule is Cc1nc(-c2cncnc2[C@H]2CCN(S(=O)(=O)c3ccc(C)c(F)c3)C2)no1. The second-order valence-electron chi connectivity index (χ2n) is 6.72. The Morgan fingerprint density at radius 3 is 2.82 bits per heavy atom. The van der Waals surface area contributed by atoms with Gasteiger partial charge in [-0.1, -0.05) is 11.2 Å². The first-order valence-corrected chi connectivity index (χ1v) is 10.2. The topological polar surface area (TPSA) is 102 Å². The van der Waals surface area contributed by atoms with Crippen LogP contribution in [-0.2, 0) is 10.0 Å². The maximum Gasteiger partial charge on any atom is 0.243 e. The molecule has 28 heavy (non-hydrogen) atoms. The van der Waals surface area contributed by atoms with Crippen LogP contribution in [0.15, 0.2) is 40.1 Å². The number of hydrogen-bond acceptors (Lipinski definition) is 7. The number of aromatic nitrogens is 4. The van der Waals surface area contributed by atoms with Gasteiger partial charge in [0.2, 0.25) is 21.7 Å². The van der Waals surface area contributed by atoms with Crippen LogP contribution in [0.3, 0.4) is 0 Å². The van der Waals surface area contributed by atoms with Gasteiger partial charge in [-0.3, -0.25) is 0 Å². The van der Waals surface area contributed by atoms with Crippen LogP contribution in [0.2, 0.25) is 0 Å². The summed E-state index contributed by atoms with van der Waals surface area (Å²) in [6.07, 6.45) is 3.59. The van der Waals surface area contributed by atoms with E-state index in [-0.39, 0.29) is 17.4 Å². The Kier molecular flexibility index (Phi) is 4.68. The molecule has 146 valence electrons. The number of nitrogens with zero attached hydrogens (tertiary/aromatic N) is 5. The van der Waals surface area contributed by atoms with E-state index in [1.807, 2.05) is 0 Å². The summed E-state index contributed by atoms with van der Waals surface area (Å²) in [6.45, 7) is 3.83. The van der Waals surface area contributed by atoms with Crippen molar-refractivity contribution in [3.63, 3.8) is 0 Å². The van der Waals surface area contributed by atoms with E-state index in [0.29, 0.717) is 41.5 Å². The zero-order valence-corrected chi connectivity index (χ0v) is 16.1. The molecule has 0 N–H and O–H groups in total. The van der Waals surface area contributed by atoms with Gasteiger partial charge in [0.1, 0.15) is 12.1 Å². The van der Waals surface area contributed by atoms with Crippen molar-refractivity contribution in [1.29, 1.82) is 0 Å². The molecule has 0 saturated carbocycles. The van der Waals surface area contributed by atoms with Crippen molar-refractivity contribution < 1.29 is 17.3 Å². The standard InChI is InChI=1S/C18H18FN5O3S/c1-11-3-4-14(7-16(11)19)28(25,26)24-6-5-13(9-24)17-15(8-20-10-21-17)18-22-12(2)27-23-18/h3-4,7-8,10,13H,5-6,9H2,1-2H3/t13-/m0/s1. The predicted octanol–water partition coefficient (Wildman–Crippen LogP) is 2.46. The lowest BCUT2D eigenvalue weighted by Gasteiger charge is -2.17. The second kappa shape index (κ2) is 7.02. The molecular weight excluding hydrogens is 385 g/mol. The summed E-state index contributed by atoms with van der Waals surface area (Å²) in [7, 11) is -3.79. The number of halogens is 1. The fourth-order valence-corrected chi connectivity index (χ4v) is 4.81. The first kappa shape index (κ1) is 18.6. The highest BCUT2D eigenvalue weighted by Crippen LogP contribution is 2.34. The first-order chi connectivity index (χ1) is 13.4. The summed E-state index contributed by atoms with van der Waals surface area (Å²) >= 11 is 0. The lowest BCUT2D eigenvalue weighted by atomic mass is 10.00. The Morgan fingerprint density at radius 1 is 1.29 bits per heavy atom. The summed E-state index contributed by atoms with van der Waals surface area (Å²) in [5.74, 6) is 0.0982. The molecule has 0 aliphatic carbocycles. The molecule has 1 aliphatic rings. The van der Waals surface area contributed by atoms with E-state index in [2.05, 4.69) is 20.1 Å². The Balaban J connectivity index is 1.62. The highest BCUT2D eigenvalue weighted by Gasteiger charge is 2.35. The lowest BCUT2D eigenvalue weighted by Crippen LogP contribution is -2.29. The molecule has 0 bridgehead atoms. The van der Waals surface area contributed by atoms with Gasteiger partial charge in [-0.15, -0.1) is 0 Å². The molecule has 1 aliphatic heterocycles. The second-order valence-corrected chi connectivity index (χ2v) is 8.66. The van der Waals surface area contributed by atoms with Gasteiger partial charge in [-0.25, -0.2) is 22.8 Å². The third-order valence-electron chi connectivity index (χ3n) is 4.83. The normalized spacial score (nSPS) is 17.9. The summed E-state index contributed by atoms with van der Waals surface area (Å²) in [5, 5.41) is 3.91. The quantitative estimate of drug-likeness (QED) is 0.659. The fourth-order valence-electron chi connectivity index (χ4n) is 3.30. The minimum atomic E-state index is -3.79. The summed E-state index contributed by atoms with van der Waals surface area (Å²) < 4.78 is 46.1. The smallest absolute Gasteiger partial charge is 0.243 e. The first-order valence-electron chi connectivity index (χ1n) is 8.73.